The molecule has 1 aromatic rings. The lowest BCUT2D eigenvalue weighted by Gasteiger charge is -2.09. The Bertz CT molecular complexity index is 482. The molecule has 0 bridgehead atoms. The zero-order valence-electron chi connectivity index (χ0n) is 9.30. The summed E-state index contributed by atoms with van der Waals surface area (Å²) in [7, 11) is 0. The topological polar surface area (TPSA) is 46.2 Å². The number of alkyl halides is 6. The molecule has 0 heterocycles. The van der Waals surface area contributed by atoms with Crippen molar-refractivity contribution in [3.63, 3.8) is 0 Å². The van der Waals surface area contributed by atoms with Gasteiger partial charge in [-0.15, -0.1) is 0 Å². The number of anilines is 1. The van der Waals surface area contributed by atoms with Gasteiger partial charge < -0.3 is 5.32 Å². The predicted octanol–water partition coefficient (Wildman–Crippen LogP) is 3.37. The number of thioether (sulfide) groups is 1. The van der Waals surface area contributed by atoms with Crippen molar-refractivity contribution in [2.45, 2.75) is 17.2 Å². The molecule has 0 radical (unpaired) electrons. The van der Waals surface area contributed by atoms with Crippen molar-refractivity contribution >= 4 is 28.5 Å². The van der Waals surface area contributed by atoms with Crippen LogP contribution in [-0.2, 0) is 9.59 Å². The zero-order valence-corrected chi connectivity index (χ0v) is 10.1. The van der Waals surface area contributed by atoms with Gasteiger partial charge in [-0.2, -0.15) is 26.3 Å². The molecule has 1 N–H and O–H groups in total. The number of carbonyl (C=O) groups is 2. The second kappa shape index (κ2) is 5.73. The zero-order chi connectivity index (χ0) is 15.6. The summed E-state index contributed by atoms with van der Waals surface area (Å²) in [5.41, 5.74) is -0.368. The molecule has 0 unspecified atom stereocenters. The van der Waals surface area contributed by atoms with Gasteiger partial charge in [-0.1, -0.05) is 6.07 Å². The van der Waals surface area contributed by atoms with E-state index in [2.05, 4.69) is 0 Å². The Morgan fingerprint density at radius 1 is 1.00 bits per heavy atom. The summed E-state index contributed by atoms with van der Waals surface area (Å²) < 4.78 is 72.0. The molecule has 0 aliphatic rings. The molecule has 1 rings (SSSR count). The molecule has 0 aromatic heterocycles. The van der Waals surface area contributed by atoms with E-state index in [1.807, 2.05) is 0 Å². The first kappa shape index (κ1) is 16.3. The summed E-state index contributed by atoms with van der Waals surface area (Å²) in [5, 5.41) is -0.650. The summed E-state index contributed by atoms with van der Waals surface area (Å²) in [6.45, 7) is 0. The van der Waals surface area contributed by atoms with E-state index < -0.39 is 23.4 Å². The normalized spacial score (nSPS) is 12.1. The van der Waals surface area contributed by atoms with Crippen molar-refractivity contribution < 1.29 is 35.9 Å². The second-order valence-corrected chi connectivity index (χ2v) is 4.41. The van der Waals surface area contributed by atoms with Crippen molar-refractivity contribution in [3.8, 4) is 0 Å². The molecule has 1 amide bonds. The number of carbonyl (C=O) groups excluding carboxylic acids is 2. The standard InChI is InChI=1S/C10H5F6NO2S/c11-9(12,13)7(18)17-5-2-1-3-6(4-5)20-8(19)10(14,15)16/h1-4H,(H,17,18). The van der Waals surface area contributed by atoms with Gasteiger partial charge in [0.2, 0.25) is 0 Å². The van der Waals surface area contributed by atoms with E-state index in [9.17, 15) is 35.9 Å². The maximum atomic E-state index is 12.0. The Kier molecular flexibility index (Phi) is 4.69. The van der Waals surface area contributed by atoms with Gasteiger partial charge in [-0.05, 0) is 30.0 Å². The Morgan fingerprint density at radius 3 is 2.10 bits per heavy atom. The minimum Gasteiger partial charge on any atom is -0.318 e. The molecule has 10 heteroatoms. The van der Waals surface area contributed by atoms with Gasteiger partial charge in [0.25, 0.3) is 5.12 Å². The van der Waals surface area contributed by atoms with Crippen molar-refractivity contribution in [1.29, 1.82) is 0 Å². The lowest BCUT2D eigenvalue weighted by Crippen LogP contribution is -2.29. The van der Waals surface area contributed by atoms with Crippen molar-refractivity contribution in [3.05, 3.63) is 24.3 Å². The van der Waals surface area contributed by atoms with Crippen LogP contribution in [0.25, 0.3) is 0 Å². The van der Waals surface area contributed by atoms with Gasteiger partial charge in [0.05, 0.1) is 0 Å². The highest BCUT2D eigenvalue weighted by atomic mass is 32.2. The highest BCUT2D eigenvalue weighted by Crippen LogP contribution is 2.30. The minimum atomic E-state index is -5.12. The first-order valence-corrected chi connectivity index (χ1v) is 5.59. The number of halogens is 6. The van der Waals surface area contributed by atoms with E-state index in [1.165, 1.54) is 5.32 Å². The van der Waals surface area contributed by atoms with Crippen LogP contribution in [0.4, 0.5) is 32.0 Å². The predicted molar refractivity (Wildman–Crippen MR) is 58.0 cm³/mol. The number of nitrogens with one attached hydrogen (secondary N) is 1. The van der Waals surface area contributed by atoms with Gasteiger partial charge in [0.1, 0.15) is 0 Å². The fraction of sp³-hybridized carbons (Fsp3) is 0.200. The molecule has 0 saturated heterocycles. The third kappa shape index (κ3) is 4.76. The van der Waals surface area contributed by atoms with E-state index in [0.29, 0.717) is 0 Å². The fourth-order valence-corrected chi connectivity index (χ4v) is 1.67. The summed E-state index contributed by atoms with van der Waals surface area (Å²) in [6, 6.07) is 4.08. The summed E-state index contributed by atoms with van der Waals surface area (Å²) >= 11 is -0.197. The lowest BCUT2D eigenvalue weighted by molar-refractivity contribution is -0.167. The summed E-state index contributed by atoms with van der Waals surface area (Å²) in [4.78, 5) is 21.1. The molecule has 0 saturated carbocycles. The van der Waals surface area contributed by atoms with Gasteiger partial charge in [0.15, 0.2) is 0 Å². The Balaban J connectivity index is 2.82. The maximum Gasteiger partial charge on any atom is 0.471 e. The molecule has 20 heavy (non-hydrogen) atoms. The van der Waals surface area contributed by atoms with Crippen LogP contribution in [0.2, 0.25) is 0 Å². The highest BCUT2D eigenvalue weighted by Gasteiger charge is 2.40. The third-order valence-corrected chi connectivity index (χ3v) is 2.70. The van der Waals surface area contributed by atoms with Crippen LogP contribution in [0.3, 0.4) is 0 Å². The molecule has 110 valence electrons. The van der Waals surface area contributed by atoms with Crippen molar-refractivity contribution in [2.24, 2.45) is 0 Å². The highest BCUT2D eigenvalue weighted by molar-refractivity contribution is 8.13. The van der Waals surface area contributed by atoms with E-state index >= 15 is 0 Å². The van der Waals surface area contributed by atoms with E-state index in [1.54, 1.807) is 0 Å². The van der Waals surface area contributed by atoms with E-state index in [-0.39, 0.29) is 22.3 Å². The van der Waals surface area contributed by atoms with Crippen LogP contribution in [0.5, 0.6) is 0 Å². The minimum absolute atomic E-state index is 0.197. The van der Waals surface area contributed by atoms with E-state index in [4.69, 9.17) is 0 Å². The first-order chi connectivity index (χ1) is 9.00. The third-order valence-electron chi connectivity index (χ3n) is 1.79. The molecule has 0 aliphatic heterocycles. The monoisotopic (exact) mass is 317 g/mol. The van der Waals surface area contributed by atoms with Crippen LogP contribution >= 0.6 is 11.8 Å². The number of amides is 1. The Labute approximate surface area is 112 Å². The first-order valence-electron chi connectivity index (χ1n) is 4.77. The summed E-state index contributed by atoms with van der Waals surface area (Å²) in [6.07, 6.45) is -10.2. The van der Waals surface area contributed by atoms with Crippen molar-refractivity contribution in [2.75, 3.05) is 5.32 Å². The van der Waals surface area contributed by atoms with Gasteiger partial charge in [-0.25, -0.2) is 0 Å². The maximum absolute atomic E-state index is 12.0. The van der Waals surface area contributed by atoms with Crippen LogP contribution < -0.4 is 5.32 Å². The second-order valence-electron chi connectivity index (χ2n) is 3.37. The fourth-order valence-electron chi connectivity index (χ4n) is 1.00. The van der Waals surface area contributed by atoms with Crippen LogP contribution in [-0.4, -0.2) is 23.4 Å². The summed E-state index contributed by atoms with van der Waals surface area (Å²) in [5.74, 6) is -2.26. The van der Waals surface area contributed by atoms with Crippen LogP contribution in [0.1, 0.15) is 0 Å². The van der Waals surface area contributed by atoms with E-state index in [0.717, 1.165) is 24.3 Å². The molecule has 3 nitrogen and oxygen atoms in total. The molecule has 1 aromatic carbocycles. The number of rotatable bonds is 2. The van der Waals surface area contributed by atoms with Gasteiger partial charge in [0, 0.05) is 10.6 Å². The van der Waals surface area contributed by atoms with Crippen LogP contribution in [0, 0.1) is 0 Å². The van der Waals surface area contributed by atoms with Crippen LogP contribution in [0.15, 0.2) is 29.2 Å². The largest absolute Gasteiger partial charge is 0.471 e. The average molecular weight is 317 g/mol. The molecular formula is C10H5F6NO2S. The Morgan fingerprint density at radius 2 is 1.60 bits per heavy atom. The number of hydrogen-bond donors (Lipinski definition) is 1. The SMILES string of the molecule is O=C(Nc1cccc(SC(=O)C(F)(F)F)c1)C(F)(F)F. The van der Waals surface area contributed by atoms with Gasteiger partial charge in [-0.3, -0.25) is 9.59 Å². The Hall–Kier alpha value is -1.71. The molecule has 0 atom stereocenters. The number of benzene rings is 1. The smallest absolute Gasteiger partial charge is 0.318 e. The average Bonchev–Trinajstić information content (AvgIpc) is 2.26. The molecular weight excluding hydrogens is 312 g/mol. The number of hydrogen-bond acceptors (Lipinski definition) is 3. The molecule has 0 aliphatic carbocycles. The van der Waals surface area contributed by atoms with Crippen molar-refractivity contribution in [1.82, 2.24) is 0 Å². The van der Waals surface area contributed by atoms with Gasteiger partial charge >= 0.3 is 18.3 Å². The lowest BCUT2D eigenvalue weighted by atomic mass is 10.3. The molecule has 0 fully saturated rings. The molecule has 0 spiro atoms. The quantitative estimate of drug-likeness (QED) is 0.672.